The van der Waals surface area contributed by atoms with Crippen LogP contribution in [0.1, 0.15) is 31.1 Å². The van der Waals surface area contributed by atoms with Crippen LogP contribution in [-0.2, 0) is 0 Å². The molecule has 0 saturated heterocycles. The van der Waals surface area contributed by atoms with Gasteiger partial charge in [-0.15, -0.1) is 0 Å². The lowest BCUT2D eigenvalue weighted by molar-refractivity contribution is 0.0977. The van der Waals surface area contributed by atoms with Crippen molar-refractivity contribution in [3.05, 3.63) is 48.3 Å². The van der Waals surface area contributed by atoms with Crippen molar-refractivity contribution in [1.82, 2.24) is 15.3 Å². The summed E-state index contributed by atoms with van der Waals surface area (Å²) in [4.78, 5) is 20.6. The number of aromatic nitrogens is 2. The fraction of sp³-hybridized carbons (Fsp3) is 0.250. The molecule has 23 heavy (non-hydrogen) atoms. The predicted octanol–water partition coefficient (Wildman–Crippen LogP) is 3.49. The second kappa shape index (κ2) is 7.52. The van der Waals surface area contributed by atoms with Crippen LogP contribution in [0.4, 0.5) is 5.82 Å². The van der Waals surface area contributed by atoms with Crippen molar-refractivity contribution in [3.63, 3.8) is 0 Å². The van der Waals surface area contributed by atoms with E-state index in [2.05, 4.69) is 41.4 Å². The van der Waals surface area contributed by atoms with Crippen molar-refractivity contribution in [2.24, 2.45) is 0 Å². The van der Waals surface area contributed by atoms with Gasteiger partial charge in [-0.05, 0) is 24.4 Å². The van der Waals surface area contributed by atoms with E-state index in [1.165, 1.54) is 0 Å². The molecule has 0 saturated carbocycles. The van der Waals surface area contributed by atoms with Crippen LogP contribution in [0.25, 0.3) is 0 Å². The quantitative estimate of drug-likeness (QED) is 0.655. The third-order valence-electron chi connectivity index (χ3n) is 2.53. The van der Waals surface area contributed by atoms with E-state index in [1.807, 2.05) is 6.07 Å². The number of anilines is 1. The number of thioether (sulfide) groups is 1. The minimum Gasteiger partial charge on any atom is -0.316 e. The predicted molar refractivity (Wildman–Crippen MR) is 97.8 cm³/mol. The summed E-state index contributed by atoms with van der Waals surface area (Å²) >= 11 is 6.76. The fourth-order valence-corrected chi connectivity index (χ4v) is 2.77. The first-order valence-corrected chi connectivity index (χ1v) is 8.24. The first-order chi connectivity index (χ1) is 10.8. The molecule has 5 nitrogen and oxygen atoms in total. The van der Waals surface area contributed by atoms with Gasteiger partial charge < -0.3 is 5.32 Å². The van der Waals surface area contributed by atoms with E-state index >= 15 is 0 Å². The number of amides is 1. The highest BCUT2D eigenvalue weighted by Crippen LogP contribution is 2.30. The first-order valence-electron chi connectivity index (χ1n) is 7.02. The Kier molecular flexibility index (Phi) is 5.68. The summed E-state index contributed by atoms with van der Waals surface area (Å²) in [5.74, 6) is 0.230. The van der Waals surface area contributed by atoms with Crippen LogP contribution in [0.3, 0.4) is 0 Å². The topological polar surface area (TPSA) is 66.9 Å². The largest absolute Gasteiger partial charge is 0.316 e. The average Bonchev–Trinajstić information content (AvgIpc) is 2.46. The molecule has 1 amide bonds. The molecule has 7 heteroatoms. The normalized spacial score (nSPS) is 10.9. The lowest BCUT2D eigenvalue weighted by Crippen LogP contribution is -2.34. The van der Waals surface area contributed by atoms with E-state index < -0.39 is 0 Å². The second-order valence-corrected chi connectivity index (χ2v) is 7.99. The molecule has 0 aliphatic rings. The Morgan fingerprint density at radius 1 is 1.17 bits per heavy atom. The van der Waals surface area contributed by atoms with Gasteiger partial charge in [-0.2, -0.15) is 0 Å². The number of nitrogens with one attached hydrogen (secondary N) is 2. The van der Waals surface area contributed by atoms with E-state index in [4.69, 9.17) is 12.2 Å². The monoisotopic (exact) mass is 346 g/mol. The van der Waals surface area contributed by atoms with Crippen LogP contribution in [0.2, 0.25) is 0 Å². The SMILES string of the molecule is CC(C)(C)Sc1cncc(NC(=S)NC(=O)c2ccccc2)n1. The molecular formula is C16H18N4OS2. The standard InChI is InChI=1S/C16H18N4OS2/c1-16(2,3)23-13-10-17-9-12(18-13)19-15(22)20-14(21)11-7-5-4-6-8-11/h4-10H,1-3H3,(H2,18,19,20,21,22). The molecular weight excluding hydrogens is 328 g/mol. The molecule has 0 atom stereocenters. The first kappa shape index (κ1) is 17.4. The molecule has 0 aliphatic heterocycles. The van der Waals surface area contributed by atoms with E-state index in [1.54, 1.807) is 48.4 Å². The minimum atomic E-state index is -0.267. The molecule has 1 aromatic carbocycles. The molecule has 0 fully saturated rings. The van der Waals surface area contributed by atoms with Crippen molar-refractivity contribution in [1.29, 1.82) is 0 Å². The molecule has 2 N–H and O–H groups in total. The van der Waals surface area contributed by atoms with Crippen LogP contribution in [-0.4, -0.2) is 25.7 Å². The van der Waals surface area contributed by atoms with Gasteiger partial charge in [0.15, 0.2) is 10.9 Å². The maximum absolute atomic E-state index is 12.0. The maximum Gasteiger partial charge on any atom is 0.257 e. The van der Waals surface area contributed by atoms with Crippen molar-refractivity contribution in [2.45, 2.75) is 30.5 Å². The molecule has 1 heterocycles. The zero-order chi connectivity index (χ0) is 16.9. The summed E-state index contributed by atoms with van der Waals surface area (Å²) in [5, 5.41) is 6.48. The zero-order valence-electron chi connectivity index (χ0n) is 13.2. The molecule has 0 aliphatic carbocycles. The summed E-state index contributed by atoms with van der Waals surface area (Å²) in [6.07, 6.45) is 3.26. The van der Waals surface area contributed by atoms with Gasteiger partial charge in [-0.1, -0.05) is 50.7 Å². The Morgan fingerprint density at radius 2 is 1.87 bits per heavy atom. The van der Waals surface area contributed by atoms with Crippen LogP contribution >= 0.6 is 24.0 Å². The summed E-state index contributed by atoms with van der Waals surface area (Å²) in [7, 11) is 0. The number of carbonyl (C=O) groups is 1. The fourth-order valence-electron chi connectivity index (χ4n) is 1.68. The minimum absolute atomic E-state index is 0.0370. The van der Waals surface area contributed by atoms with Crippen LogP contribution < -0.4 is 10.6 Å². The number of hydrogen-bond acceptors (Lipinski definition) is 5. The highest BCUT2D eigenvalue weighted by molar-refractivity contribution is 8.00. The highest BCUT2D eigenvalue weighted by atomic mass is 32.2. The zero-order valence-corrected chi connectivity index (χ0v) is 14.8. The van der Waals surface area contributed by atoms with Crippen LogP contribution in [0, 0.1) is 0 Å². The van der Waals surface area contributed by atoms with E-state index in [0.717, 1.165) is 5.03 Å². The Balaban J connectivity index is 1.98. The summed E-state index contributed by atoms with van der Waals surface area (Å²) in [6.45, 7) is 6.30. The van der Waals surface area contributed by atoms with Crippen molar-refractivity contribution in [3.8, 4) is 0 Å². The summed E-state index contributed by atoms with van der Waals surface area (Å²) in [6, 6.07) is 8.88. The number of benzene rings is 1. The number of rotatable bonds is 3. The Hall–Kier alpha value is -1.99. The van der Waals surface area contributed by atoms with Gasteiger partial charge >= 0.3 is 0 Å². The number of hydrogen-bond donors (Lipinski definition) is 2. The lowest BCUT2D eigenvalue weighted by atomic mass is 10.2. The number of carbonyl (C=O) groups excluding carboxylic acids is 1. The average molecular weight is 346 g/mol. The van der Waals surface area contributed by atoms with Gasteiger partial charge in [0.2, 0.25) is 0 Å². The molecule has 0 unspecified atom stereocenters. The lowest BCUT2D eigenvalue weighted by Gasteiger charge is -2.17. The molecule has 2 aromatic rings. The summed E-state index contributed by atoms with van der Waals surface area (Å²) < 4.78 is 0.0370. The molecule has 2 rings (SSSR count). The Morgan fingerprint density at radius 3 is 2.52 bits per heavy atom. The van der Waals surface area contributed by atoms with Crippen molar-refractivity contribution in [2.75, 3.05) is 5.32 Å². The third-order valence-corrected chi connectivity index (χ3v) is 3.75. The van der Waals surface area contributed by atoms with E-state index in [0.29, 0.717) is 11.4 Å². The second-order valence-electron chi connectivity index (χ2n) is 5.73. The maximum atomic E-state index is 12.0. The third kappa shape index (κ3) is 5.96. The van der Waals surface area contributed by atoms with E-state index in [-0.39, 0.29) is 15.8 Å². The molecule has 0 radical (unpaired) electrons. The Bertz CT molecular complexity index is 699. The smallest absolute Gasteiger partial charge is 0.257 e. The van der Waals surface area contributed by atoms with Gasteiger partial charge in [-0.25, -0.2) is 4.98 Å². The van der Waals surface area contributed by atoms with Crippen LogP contribution in [0.5, 0.6) is 0 Å². The van der Waals surface area contributed by atoms with Gasteiger partial charge in [-0.3, -0.25) is 15.1 Å². The molecule has 120 valence electrons. The molecule has 1 aromatic heterocycles. The van der Waals surface area contributed by atoms with Gasteiger partial charge in [0.1, 0.15) is 5.03 Å². The Labute approximate surface area is 145 Å². The van der Waals surface area contributed by atoms with E-state index in [9.17, 15) is 4.79 Å². The summed E-state index contributed by atoms with van der Waals surface area (Å²) in [5.41, 5.74) is 0.541. The van der Waals surface area contributed by atoms with Crippen molar-refractivity contribution >= 4 is 40.8 Å². The molecule has 0 bridgehead atoms. The van der Waals surface area contributed by atoms with Gasteiger partial charge in [0, 0.05) is 10.3 Å². The molecule has 0 spiro atoms. The van der Waals surface area contributed by atoms with Crippen molar-refractivity contribution < 1.29 is 4.79 Å². The highest BCUT2D eigenvalue weighted by Gasteiger charge is 2.14. The number of nitrogens with zero attached hydrogens (tertiary/aromatic N) is 2. The van der Waals surface area contributed by atoms with Gasteiger partial charge in [0.25, 0.3) is 5.91 Å². The van der Waals surface area contributed by atoms with Crippen LogP contribution in [0.15, 0.2) is 47.8 Å². The number of thiocarbonyl (C=S) groups is 1. The van der Waals surface area contributed by atoms with Gasteiger partial charge in [0.05, 0.1) is 12.4 Å².